The molecular weight excluding hydrogens is 784 g/mol. The molecule has 0 unspecified atom stereocenters. The number of benzene rings is 3. The van der Waals surface area contributed by atoms with E-state index in [0.717, 1.165) is 18.4 Å². The largest absolute Gasteiger partial charge is 0.477 e. The molecule has 0 aliphatic carbocycles. The molecule has 1 heterocycles. The van der Waals surface area contributed by atoms with Crippen LogP contribution in [0.25, 0.3) is 16.8 Å². The lowest BCUT2D eigenvalue weighted by Gasteiger charge is -2.30. The first-order chi connectivity index (χ1) is 24.5. The summed E-state index contributed by atoms with van der Waals surface area (Å²) < 4.78 is 94.5. The lowest BCUT2D eigenvalue weighted by Crippen LogP contribution is -2.25. The first kappa shape index (κ1) is 44.0. The van der Waals surface area contributed by atoms with Gasteiger partial charge in [-0.15, -0.1) is 0 Å². The highest BCUT2D eigenvalue weighted by atomic mass is 35.5. The van der Waals surface area contributed by atoms with Crippen molar-refractivity contribution in [2.24, 2.45) is 0 Å². The number of aliphatic hydroxyl groups is 1. The van der Waals surface area contributed by atoms with Gasteiger partial charge in [-0.25, -0.2) is 26.7 Å². The lowest BCUT2D eigenvalue weighted by atomic mass is 9.83. The van der Waals surface area contributed by atoms with E-state index in [0.29, 0.717) is 21.4 Å². The number of nitrogens with zero attached hydrogens (tertiary/aromatic N) is 2. The number of imidazole rings is 1. The molecule has 0 bridgehead atoms. The van der Waals surface area contributed by atoms with Crippen molar-refractivity contribution >= 4 is 40.9 Å². The minimum atomic E-state index is -4.16. The third-order valence-electron chi connectivity index (χ3n) is 7.89. The molecule has 0 saturated heterocycles. The molecule has 16 heteroatoms. The third-order valence-corrected chi connectivity index (χ3v) is 11.6. The predicted octanol–water partition coefficient (Wildman–Crippen LogP) is 10.3. The first-order valence-electron chi connectivity index (χ1n) is 16.9. The Hall–Kier alpha value is -2.71. The normalized spacial score (nSPS) is 13.5. The number of phosphoric acid groups is 1. The van der Waals surface area contributed by atoms with Gasteiger partial charge in [0, 0.05) is 33.6 Å². The first-order valence-corrected chi connectivity index (χ1v) is 21.0. The van der Waals surface area contributed by atoms with Gasteiger partial charge >= 0.3 is 7.82 Å². The average molecular weight is 832 g/mol. The van der Waals surface area contributed by atoms with Gasteiger partial charge < -0.3 is 9.84 Å². The molecule has 3 aromatic carbocycles. The summed E-state index contributed by atoms with van der Waals surface area (Å²) in [6, 6.07) is 11.5. The van der Waals surface area contributed by atoms with Gasteiger partial charge in [-0.3, -0.25) is 18.1 Å². The Morgan fingerprint density at radius 3 is 1.91 bits per heavy atom. The zero-order chi connectivity index (χ0) is 40.8. The number of halogens is 4. The number of sulfone groups is 1. The van der Waals surface area contributed by atoms with E-state index < -0.39 is 69.8 Å². The van der Waals surface area contributed by atoms with Crippen molar-refractivity contribution in [3.63, 3.8) is 0 Å². The molecule has 0 spiro atoms. The van der Waals surface area contributed by atoms with Gasteiger partial charge in [-0.05, 0) is 117 Å². The van der Waals surface area contributed by atoms with E-state index in [1.165, 1.54) is 29.0 Å². The molecule has 0 amide bonds. The molecule has 1 aromatic heterocycles. The Kier molecular flexibility index (Phi) is 12.8. The Morgan fingerprint density at radius 2 is 1.41 bits per heavy atom. The highest BCUT2D eigenvalue weighted by molar-refractivity contribution is 7.90. The molecule has 0 saturated carbocycles. The van der Waals surface area contributed by atoms with Crippen molar-refractivity contribution in [3.8, 4) is 16.8 Å². The fourth-order valence-electron chi connectivity index (χ4n) is 5.62. The predicted molar refractivity (Wildman–Crippen MR) is 206 cm³/mol. The summed E-state index contributed by atoms with van der Waals surface area (Å²) in [5, 5.41) is 11.6. The summed E-state index contributed by atoms with van der Waals surface area (Å²) in [6.07, 6.45) is 2.43. The van der Waals surface area contributed by atoms with Crippen LogP contribution in [0.5, 0.6) is 0 Å². The maximum Gasteiger partial charge on any atom is 0.477 e. The summed E-state index contributed by atoms with van der Waals surface area (Å²) in [5.74, 6) is -1.37. The van der Waals surface area contributed by atoms with Gasteiger partial charge in [-0.2, -0.15) is 0 Å². The van der Waals surface area contributed by atoms with Crippen LogP contribution in [0.2, 0.25) is 10.0 Å². The van der Waals surface area contributed by atoms with Crippen LogP contribution in [0, 0.1) is 11.6 Å². The quantitative estimate of drug-likeness (QED) is 0.0796. The van der Waals surface area contributed by atoms with Gasteiger partial charge in [0.15, 0.2) is 16.6 Å². The molecular formula is C38H47Cl2F2N2O8PS. The van der Waals surface area contributed by atoms with Crippen molar-refractivity contribution in [3.05, 3.63) is 99.1 Å². The summed E-state index contributed by atoms with van der Waals surface area (Å²) in [4.78, 5) is 4.31. The molecule has 10 nitrogen and oxygen atoms in total. The molecule has 0 fully saturated rings. The van der Waals surface area contributed by atoms with Crippen LogP contribution in [0.15, 0.2) is 59.6 Å². The number of ether oxygens (including phenoxy) is 1. The number of phosphoric ester groups is 1. The highest BCUT2D eigenvalue weighted by Gasteiger charge is 2.38. The van der Waals surface area contributed by atoms with Crippen molar-refractivity contribution in [2.45, 2.75) is 103 Å². The second kappa shape index (κ2) is 15.7. The van der Waals surface area contributed by atoms with Crippen LogP contribution in [0.3, 0.4) is 0 Å². The second-order valence-corrected chi connectivity index (χ2v) is 20.2. The minimum Gasteiger partial charge on any atom is -0.384 e. The molecule has 0 aliphatic rings. The molecule has 54 heavy (non-hydrogen) atoms. The molecule has 4 aromatic rings. The second-order valence-electron chi connectivity index (χ2n) is 15.9. The van der Waals surface area contributed by atoms with Gasteiger partial charge in [0.25, 0.3) is 0 Å². The summed E-state index contributed by atoms with van der Waals surface area (Å²) in [5.41, 5.74) is -3.42. The van der Waals surface area contributed by atoms with E-state index in [1.807, 2.05) is 13.8 Å². The Morgan fingerprint density at radius 1 is 0.852 bits per heavy atom. The van der Waals surface area contributed by atoms with Crippen molar-refractivity contribution in [2.75, 3.05) is 13.0 Å². The Bertz CT molecular complexity index is 2150. The van der Waals surface area contributed by atoms with Gasteiger partial charge in [0.05, 0.1) is 39.5 Å². The lowest BCUT2D eigenvalue weighted by molar-refractivity contribution is -0.0542. The average Bonchev–Trinajstić information content (AvgIpc) is 3.44. The van der Waals surface area contributed by atoms with Crippen LogP contribution in [0.1, 0.15) is 91.9 Å². The van der Waals surface area contributed by atoms with Crippen LogP contribution >= 0.6 is 31.0 Å². The number of rotatable bonds is 13. The van der Waals surface area contributed by atoms with Crippen molar-refractivity contribution < 1.29 is 45.2 Å². The van der Waals surface area contributed by atoms with Crippen LogP contribution in [-0.2, 0) is 50.3 Å². The SMILES string of the molecule is CC(C)(C)OP(=O)(OCOCc1c(F)cc(-c2ccc(-n3cc(C(C)(C)O)nc3C(C)(C)c3c(Cl)cccc3Cl)c(F)c2)cc1S(C)(=O)=O)OC(C)(C)C. The summed E-state index contributed by atoms with van der Waals surface area (Å²) in [7, 11) is -8.21. The zero-order valence-corrected chi connectivity index (χ0v) is 35.4. The van der Waals surface area contributed by atoms with Crippen molar-refractivity contribution in [1.82, 2.24) is 9.55 Å². The molecule has 0 aliphatic heterocycles. The van der Waals surface area contributed by atoms with Gasteiger partial charge in [-0.1, -0.05) is 35.3 Å². The standard InChI is InChI=1S/C38H47Cl2F2N2O8PS/c1-35(2,3)51-53(46,52-36(4,5)6)50-22-49-21-25-28(41)18-24(19-31(25)54(11,47)48)23-15-16-30(29(42)17-23)44-20-32(38(9,10)45)43-34(44)37(7,8)33-26(39)13-12-14-27(33)40/h12-20,45H,21-22H2,1-11H3. The minimum absolute atomic E-state index is 0.0463. The molecule has 1 N–H and O–H groups in total. The molecule has 296 valence electrons. The van der Waals surface area contributed by atoms with E-state index in [2.05, 4.69) is 0 Å². The molecule has 0 radical (unpaired) electrons. The van der Waals surface area contributed by atoms with Crippen LogP contribution in [0.4, 0.5) is 8.78 Å². The fraction of sp³-hybridized carbons (Fsp3) is 0.447. The third kappa shape index (κ3) is 10.6. The van der Waals surface area contributed by atoms with E-state index in [1.54, 1.807) is 73.6 Å². The van der Waals surface area contributed by atoms with E-state index >= 15 is 8.78 Å². The topological polar surface area (TPSA) is 126 Å². The smallest absolute Gasteiger partial charge is 0.384 e. The molecule has 4 rings (SSSR count). The van der Waals surface area contributed by atoms with Gasteiger partial charge in [0.1, 0.15) is 23.1 Å². The number of hydrogen-bond acceptors (Lipinski definition) is 9. The fourth-order valence-corrected chi connectivity index (χ4v) is 9.13. The van der Waals surface area contributed by atoms with Crippen LogP contribution < -0.4 is 0 Å². The molecule has 0 atom stereocenters. The highest BCUT2D eigenvalue weighted by Crippen LogP contribution is 2.55. The van der Waals surface area contributed by atoms with Gasteiger partial charge in [0.2, 0.25) is 0 Å². The zero-order valence-electron chi connectivity index (χ0n) is 32.2. The van der Waals surface area contributed by atoms with E-state index in [-0.39, 0.29) is 28.1 Å². The van der Waals surface area contributed by atoms with E-state index in [4.69, 9.17) is 46.5 Å². The Labute approximate surface area is 326 Å². The monoisotopic (exact) mass is 830 g/mol. The summed E-state index contributed by atoms with van der Waals surface area (Å²) in [6.45, 7) is 15.5. The summed E-state index contributed by atoms with van der Waals surface area (Å²) >= 11 is 13.2. The number of hydrogen-bond donors (Lipinski definition) is 1. The maximum absolute atomic E-state index is 16.2. The maximum atomic E-state index is 16.2. The van der Waals surface area contributed by atoms with Crippen molar-refractivity contribution in [1.29, 1.82) is 0 Å². The van der Waals surface area contributed by atoms with E-state index in [9.17, 15) is 18.1 Å². The Balaban J connectivity index is 1.71. The van der Waals surface area contributed by atoms with Crippen LogP contribution in [-0.4, -0.2) is 47.3 Å². The number of aromatic nitrogens is 2.